The Morgan fingerprint density at radius 3 is 2.81 bits per heavy atom. The predicted molar refractivity (Wildman–Crippen MR) is 67.2 cm³/mol. The molecule has 1 aromatic rings. The van der Waals surface area contributed by atoms with Gasteiger partial charge in [-0.1, -0.05) is 23.2 Å². The van der Waals surface area contributed by atoms with E-state index in [1.165, 1.54) is 0 Å². The molecule has 0 aromatic heterocycles. The van der Waals surface area contributed by atoms with Gasteiger partial charge in [-0.3, -0.25) is 0 Å². The minimum atomic E-state index is -0.664. The molecule has 0 radical (unpaired) electrons. The van der Waals surface area contributed by atoms with Gasteiger partial charge in [-0.15, -0.1) is 0 Å². The van der Waals surface area contributed by atoms with Crippen LogP contribution in [0.4, 0.5) is 0 Å². The maximum atomic E-state index is 10.4. The third-order valence-electron chi connectivity index (χ3n) is 3.05. The molecule has 0 aliphatic carbocycles. The average molecular weight is 260 g/mol. The molecule has 0 saturated carbocycles. The van der Waals surface area contributed by atoms with Gasteiger partial charge in [-0.2, -0.15) is 0 Å². The Morgan fingerprint density at radius 2 is 2.19 bits per heavy atom. The maximum absolute atomic E-state index is 10.4. The first-order chi connectivity index (χ1) is 7.48. The van der Waals surface area contributed by atoms with Crippen LogP contribution in [0.25, 0.3) is 0 Å². The predicted octanol–water partition coefficient (Wildman–Crippen LogP) is 2.60. The molecule has 0 amide bonds. The molecule has 1 atom stereocenters. The van der Waals surface area contributed by atoms with Crippen molar-refractivity contribution in [3.8, 4) is 0 Å². The molecule has 2 nitrogen and oxygen atoms in total. The molecule has 1 unspecified atom stereocenters. The summed E-state index contributed by atoms with van der Waals surface area (Å²) in [6.45, 7) is 1.62. The van der Waals surface area contributed by atoms with Crippen molar-refractivity contribution in [1.29, 1.82) is 0 Å². The summed E-state index contributed by atoms with van der Waals surface area (Å²) in [6, 6.07) is 5.37. The van der Waals surface area contributed by atoms with Crippen LogP contribution in [0.15, 0.2) is 18.2 Å². The normalized spacial score (nSPS) is 26.2. The van der Waals surface area contributed by atoms with Gasteiger partial charge in [0.15, 0.2) is 0 Å². The first kappa shape index (κ1) is 12.2. The van der Waals surface area contributed by atoms with Gasteiger partial charge >= 0.3 is 0 Å². The van der Waals surface area contributed by atoms with Crippen molar-refractivity contribution in [2.75, 3.05) is 20.1 Å². The highest BCUT2D eigenvalue weighted by Gasteiger charge is 2.34. The molecule has 2 rings (SSSR count). The Kier molecular flexibility index (Phi) is 3.45. The van der Waals surface area contributed by atoms with Crippen LogP contribution in [0.1, 0.15) is 12.0 Å². The first-order valence-corrected chi connectivity index (χ1v) is 6.09. The summed E-state index contributed by atoms with van der Waals surface area (Å²) in [4.78, 5) is 2.12. The van der Waals surface area contributed by atoms with Gasteiger partial charge in [-0.25, -0.2) is 0 Å². The topological polar surface area (TPSA) is 23.5 Å². The van der Waals surface area contributed by atoms with E-state index in [9.17, 15) is 5.11 Å². The van der Waals surface area contributed by atoms with E-state index >= 15 is 0 Å². The third kappa shape index (κ3) is 2.69. The van der Waals surface area contributed by atoms with Crippen LogP contribution in [0, 0.1) is 0 Å². The van der Waals surface area contributed by atoms with Crippen molar-refractivity contribution in [2.24, 2.45) is 0 Å². The Balaban J connectivity index is 2.17. The SMILES string of the molecule is CN1CCC(O)(Cc2cc(Cl)ccc2Cl)C1. The number of halogens is 2. The third-order valence-corrected chi connectivity index (χ3v) is 3.65. The van der Waals surface area contributed by atoms with Gasteiger partial charge in [0, 0.05) is 29.6 Å². The van der Waals surface area contributed by atoms with E-state index in [4.69, 9.17) is 23.2 Å². The van der Waals surface area contributed by atoms with E-state index in [0.29, 0.717) is 23.0 Å². The summed E-state index contributed by atoms with van der Waals surface area (Å²) in [7, 11) is 2.01. The summed E-state index contributed by atoms with van der Waals surface area (Å²) < 4.78 is 0. The minimum absolute atomic E-state index is 0.566. The largest absolute Gasteiger partial charge is 0.388 e. The minimum Gasteiger partial charge on any atom is -0.388 e. The first-order valence-electron chi connectivity index (χ1n) is 5.33. The van der Waals surface area contributed by atoms with Crippen LogP contribution in [0.5, 0.6) is 0 Å². The molecule has 1 N–H and O–H groups in total. The van der Waals surface area contributed by atoms with Crippen LogP contribution >= 0.6 is 23.2 Å². The molecule has 0 bridgehead atoms. The molecule has 1 aliphatic heterocycles. The molecule has 1 aliphatic rings. The highest BCUT2D eigenvalue weighted by atomic mass is 35.5. The van der Waals surface area contributed by atoms with Gasteiger partial charge in [0.25, 0.3) is 0 Å². The number of hydrogen-bond donors (Lipinski definition) is 1. The van der Waals surface area contributed by atoms with Crippen LogP contribution in [0.3, 0.4) is 0 Å². The van der Waals surface area contributed by atoms with E-state index < -0.39 is 5.60 Å². The zero-order valence-corrected chi connectivity index (χ0v) is 10.7. The molecule has 0 spiro atoms. The second-order valence-electron chi connectivity index (χ2n) is 4.62. The molecule has 16 heavy (non-hydrogen) atoms. The van der Waals surface area contributed by atoms with Crippen molar-refractivity contribution in [3.63, 3.8) is 0 Å². The maximum Gasteiger partial charge on any atom is 0.0826 e. The Hall–Kier alpha value is -0.280. The van der Waals surface area contributed by atoms with Crippen molar-refractivity contribution < 1.29 is 5.11 Å². The monoisotopic (exact) mass is 259 g/mol. The second kappa shape index (κ2) is 4.53. The lowest BCUT2D eigenvalue weighted by atomic mass is 9.94. The Morgan fingerprint density at radius 1 is 1.44 bits per heavy atom. The number of benzene rings is 1. The van der Waals surface area contributed by atoms with Crippen molar-refractivity contribution in [2.45, 2.75) is 18.4 Å². The lowest BCUT2D eigenvalue weighted by Gasteiger charge is -2.23. The molecule has 1 saturated heterocycles. The fraction of sp³-hybridized carbons (Fsp3) is 0.500. The summed E-state index contributed by atoms with van der Waals surface area (Å²) in [5, 5.41) is 11.7. The summed E-state index contributed by atoms with van der Waals surface area (Å²) in [6.07, 6.45) is 1.35. The van der Waals surface area contributed by atoms with E-state index in [2.05, 4.69) is 4.90 Å². The van der Waals surface area contributed by atoms with E-state index in [-0.39, 0.29) is 0 Å². The quantitative estimate of drug-likeness (QED) is 0.883. The van der Waals surface area contributed by atoms with E-state index in [1.807, 2.05) is 13.1 Å². The zero-order chi connectivity index (χ0) is 11.8. The number of likely N-dealkylation sites (N-methyl/N-ethyl adjacent to an activating group) is 1. The van der Waals surface area contributed by atoms with Gasteiger partial charge in [0.1, 0.15) is 0 Å². The summed E-state index contributed by atoms with van der Waals surface area (Å²) in [5.74, 6) is 0. The highest BCUT2D eigenvalue weighted by molar-refractivity contribution is 6.33. The Labute approximate surface area is 106 Å². The second-order valence-corrected chi connectivity index (χ2v) is 5.47. The average Bonchev–Trinajstić information content (AvgIpc) is 2.52. The molecule has 1 fully saturated rings. The molecule has 1 aromatic carbocycles. The van der Waals surface area contributed by atoms with Crippen LogP contribution in [-0.2, 0) is 6.42 Å². The number of β-amino-alcohol motifs (C(OH)–C–C–N with tert-alkyl or cyclic N) is 1. The molecule has 1 heterocycles. The lowest BCUT2D eigenvalue weighted by Crippen LogP contribution is -2.34. The van der Waals surface area contributed by atoms with Gasteiger partial charge in [0.05, 0.1) is 5.60 Å². The Bertz CT molecular complexity index is 397. The number of hydrogen-bond acceptors (Lipinski definition) is 2. The van der Waals surface area contributed by atoms with E-state index in [1.54, 1.807) is 12.1 Å². The van der Waals surface area contributed by atoms with Crippen molar-refractivity contribution in [1.82, 2.24) is 4.90 Å². The fourth-order valence-electron chi connectivity index (χ4n) is 2.24. The molecular formula is C12H15Cl2NO. The fourth-order valence-corrected chi connectivity index (χ4v) is 2.62. The van der Waals surface area contributed by atoms with Crippen LogP contribution in [0.2, 0.25) is 10.0 Å². The molecule has 4 heteroatoms. The number of rotatable bonds is 2. The summed E-state index contributed by atoms with van der Waals surface area (Å²) >= 11 is 12.0. The number of aliphatic hydroxyl groups is 1. The molecular weight excluding hydrogens is 245 g/mol. The highest BCUT2D eigenvalue weighted by Crippen LogP contribution is 2.29. The van der Waals surface area contributed by atoms with Crippen molar-refractivity contribution in [3.05, 3.63) is 33.8 Å². The zero-order valence-electron chi connectivity index (χ0n) is 9.21. The van der Waals surface area contributed by atoms with E-state index in [0.717, 1.165) is 18.5 Å². The number of likely N-dealkylation sites (tertiary alicyclic amines) is 1. The summed E-state index contributed by atoms with van der Waals surface area (Å²) in [5.41, 5.74) is 0.259. The van der Waals surface area contributed by atoms with Gasteiger partial charge in [-0.05, 0) is 37.2 Å². The number of nitrogens with zero attached hydrogens (tertiary/aromatic N) is 1. The smallest absolute Gasteiger partial charge is 0.0826 e. The lowest BCUT2D eigenvalue weighted by molar-refractivity contribution is 0.0524. The van der Waals surface area contributed by atoms with Gasteiger partial charge in [0.2, 0.25) is 0 Å². The molecule has 88 valence electrons. The van der Waals surface area contributed by atoms with Crippen LogP contribution in [-0.4, -0.2) is 35.7 Å². The standard InChI is InChI=1S/C12H15Cl2NO/c1-15-5-4-12(16,8-15)7-9-6-10(13)2-3-11(9)14/h2-3,6,16H,4-5,7-8H2,1H3. The van der Waals surface area contributed by atoms with Gasteiger partial charge < -0.3 is 10.0 Å². The van der Waals surface area contributed by atoms with Crippen molar-refractivity contribution >= 4 is 23.2 Å². The van der Waals surface area contributed by atoms with Crippen LogP contribution < -0.4 is 0 Å².